The highest BCUT2D eigenvalue weighted by atomic mass is 16.5. The molecular formula is C11H22O8. The molecule has 6 N–H and O–H groups in total. The molecule has 0 aliphatic rings. The lowest BCUT2D eigenvalue weighted by Gasteiger charge is -2.24. The maximum Gasteiger partial charge on any atom is 0.332 e. The Labute approximate surface area is 111 Å². The molecular weight excluding hydrogens is 260 g/mol. The van der Waals surface area contributed by atoms with Gasteiger partial charge in [0.25, 0.3) is 0 Å². The molecule has 114 valence electrons. The quantitative estimate of drug-likeness (QED) is 0.225. The van der Waals surface area contributed by atoms with Gasteiger partial charge >= 0.3 is 5.97 Å². The predicted octanol–water partition coefficient (Wildman–Crippen LogP) is -2.85. The average molecular weight is 282 g/mol. The molecule has 4 atom stereocenters. The number of carbonyl (C=O) groups excluding carboxylic acids is 1. The van der Waals surface area contributed by atoms with Crippen molar-refractivity contribution in [2.24, 2.45) is 0 Å². The molecule has 0 fully saturated rings. The molecule has 0 amide bonds. The predicted molar refractivity (Wildman–Crippen MR) is 65.0 cm³/mol. The standard InChI is InChI=1S/C6H14O6.C5H8O2/c7-1-3(9)5(11)6(12)4(10)2-8;1-4(2)5(6)7-3/h3-12H,1-2H2;1H2,2-3H3. The molecule has 0 aromatic heterocycles. The number of hydrogen-bond acceptors (Lipinski definition) is 8. The summed E-state index contributed by atoms with van der Waals surface area (Å²) in [7, 11) is 1.33. The van der Waals surface area contributed by atoms with Crippen LogP contribution in [0.2, 0.25) is 0 Å². The zero-order valence-electron chi connectivity index (χ0n) is 10.9. The van der Waals surface area contributed by atoms with Crippen LogP contribution < -0.4 is 0 Å². The molecule has 0 aliphatic carbocycles. The van der Waals surface area contributed by atoms with E-state index in [1.165, 1.54) is 7.11 Å². The van der Waals surface area contributed by atoms with Crippen molar-refractivity contribution in [3.8, 4) is 0 Å². The summed E-state index contributed by atoms with van der Waals surface area (Å²) < 4.78 is 4.27. The van der Waals surface area contributed by atoms with Crippen LogP contribution in [0.3, 0.4) is 0 Å². The van der Waals surface area contributed by atoms with Crippen LogP contribution in [-0.4, -0.2) is 81.3 Å². The van der Waals surface area contributed by atoms with Gasteiger partial charge in [0.2, 0.25) is 0 Å². The topological polar surface area (TPSA) is 148 Å². The van der Waals surface area contributed by atoms with Gasteiger partial charge in [-0.2, -0.15) is 0 Å². The largest absolute Gasteiger partial charge is 0.466 e. The first-order valence-electron chi connectivity index (χ1n) is 5.40. The third kappa shape index (κ3) is 8.65. The number of ether oxygens (including phenoxy) is 1. The Morgan fingerprint density at radius 3 is 1.47 bits per heavy atom. The maximum absolute atomic E-state index is 10.2. The fraction of sp³-hybridized carbons (Fsp3) is 0.727. The van der Waals surface area contributed by atoms with E-state index in [1.54, 1.807) is 6.92 Å². The molecule has 0 saturated heterocycles. The van der Waals surface area contributed by atoms with Gasteiger partial charge in [-0.3, -0.25) is 0 Å². The van der Waals surface area contributed by atoms with Crippen molar-refractivity contribution in [3.63, 3.8) is 0 Å². The molecule has 19 heavy (non-hydrogen) atoms. The number of methoxy groups -OCH3 is 1. The van der Waals surface area contributed by atoms with Crippen LogP contribution >= 0.6 is 0 Å². The second-order valence-corrected chi connectivity index (χ2v) is 3.75. The van der Waals surface area contributed by atoms with E-state index in [0.29, 0.717) is 5.57 Å². The van der Waals surface area contributed by atoms with Crippen LogP contribution in [0, 0.1) is 0 Å². The van der Waals surface area contributed by atoms with Gasteiger partial charge in [-0.05, 0) is 6.92 Å². The fourth-order valence-electron chi connectivity index (χ4n) is 0.845. The number of hydrogen-bond donors (Lipinski definition) is 6. The third-order valence-electron chi connectivity index (χ3n) is 2.05. The highest BCUT2D eigenvalue weighted by molar-refractivity contribution is 5.86. The van der Waals surface area contributed by atoms with E-state index >= 15 is 0 Å². The van der Waals surface area contributed by atoms with Crippen molar-refractivity contribution in [1.82, 2.24) is 0 Å². The summed E-state index contributed by atoms with van der Waals surface area (Å²) in [6.07, 6.45) is -6.39. The van der Waals surface area contributed by atoms with Crippen LogP contribution in [-0.2, 0) is 9.53 Å². The minimum Gasteiger partial charge on any atom is -0.466 e. The Bertz CT molecular complexity index is 253. The maximum atomic E-state index is 10.2. The van der Waals surface area contributed by atoms with Crippen LogP contribution in [0.4, 0.5) is 0 Å². The Hall–Kier alpha value is -1.03. The number of aliphatic hydroxyl groups excluding tert-OH is 6. The molecule has 0 bridgehead atoms. The summed E-state index contributed by atoms with van der Waals surface area (Å²) >= 11 is 0. The van der Waals surface area contributed by atoms with Gasteiger partial charge in [0.1, 0.15) is 24.4 Å². The lowest BCUT2D eigenvalue weighted by atomic mass is 10.0. The Morgan fingerprint density at radius 1 is 1.05 bits per heavy atom. The van der Waals surface area contributed by atoms with Gasteiger partial charge in [0.05, 0.1) is 20.3 Å². The average Bonchev–Trinajstić information content (AvgIpc) is 2.43. The summed E-state index contributed by atoms with van der Waals surface area (Å²) in [5.74, 6) is -0.347. The summed E-state index contributed by atoms with van der Waals surface area (Å²) in [6, 6.07) is 0. The molecule has 0 radical (unpaired) electrons. The zero-order valence-corrected chi connectivity index (χ0v) is 10.9. The first-order chi connectivity index (χ1) is 8.72. The molecule has 0 aromatic carbocycles. The van der Waals surface area contributed by atoms with E-state index < -0.39 is 37.6 Å². The molecule has 8 heteroatoms. The van der Waals surface area contributed by atoms with Crippen LogP contribution in [0.1, 0.15) is 6.92 Å². The van der Waals surface area contributed by atoms with Gasteiger partial charge < -0.3 is 35.4 Å². The van der Waals surface area contributed by atoms with Crippen molar-refractivity contribution in [3.05, 3.63) is 12.2 Å². The first kappa shape index (κ1) is 20.3. The molecule has 0 aliphatic heterocycles. The van der Waals surface area contributed by atoms with E-state index in [4.69, 9.17) is 30.6 Å². The smallest absolute Gasteiger partial charge is 0.332 e. The number of rotatable bonds is 6. The summed E-state index contributed by atoms with van der Waals surface area (Å²) in [5, 5.41) is 52.2. The molecule has 0 aromatic rings. The second kappa shape index (κ2) is 10.9. The highest BCUT2D eigenvalue weighted by Gasteiger charge is 2.29. The van der Waals surface area contributed by atoms with Gasteiger partial charge in [-0.25, -0.2) is 4.79 Å². The Balaban J connectivity index is 0. The number of esters is 1. The van der Waals surface area contributed by atoms with E-state index in [2.05, 4.69) is 11.3 Å². The fourth-order valence-corrected chi connectivity index (χ4v) is 0.845. The monoisotopic (exact) mass is 282 g/mol. The Kier molecular flexibility index (Phi) is 11.6. The van der Waals surface area contributed by atoms with Crippen molar-refractivity contribution >= 4 is 5.97 Å². The van der Waals surface area contributed by atoms with Gasteiger partial charge in [0, 0.05) is 5.57 Å². The van der Waals surface area contributed by atoms with Gasteiger partial charge in [-0.1, -0.05) is 6.58 Å². The van der Waals surface area contributed by atoms with Crippen LogP contribution in [0.5, 0.6) is 0 Å². The first-order valence-corrected chi connectivity index (χ1v) is 5.40. The van der Waals surface area contributed by atoms with E-state index in [0.717, 1.165) is 0 Å². The van der Waals surface area contributed by atoms with Crippen molar-refractivity contribution < 1.29 is 40.2 Å². The lowest BCUT2D eigenvalue weighted by molar-refractivity contribution is -0.136. The zero-order chi connectivity index (χ0) is 15.6. The van der Waals surface area contributed by atoms with Crippen molar-refractivity contribution in [2.45, 2.75) is 31.3 Å². The molecule has 0 rings (SSSR count). The molecule has 4 unspecified atom stereocenters. The number of aliphatic hydroxyl groups is 6. The summed E-state index contributed by atoms with van der Waals surface area (Å²) in [4.78, 5) is 10.2. The molecule has 0 saturated carbocycles. The molecule has 0 spiro atoms. The minimum absolute atomic E-state index is 0.347. The van der Waals surface area contributed by atoms with Crippen molar-refractivity contribution in [1.29, 1.82) is 0 Å². The highest BCUT2D eigenvalue weighted by Crippen LogP contribution is 2.04. The number of carbonyl (C=O) groups is 1. The summed E-state index contributed by atoms with van der Waals surface area (Å²) in [6.45, 7) is 3.50. The lowest BCUT2D eigenvalue weighted by Crippen LogP contribution is -2.46. The van der Waals surface area contributed by atoms with Gasteiger partial charge in [0.15, 0.2) is 0 Å². The van der Waals surface area contributed by atoms with E-state index in [1.807, 2.05) is 0 Å². The Morgan fingerprint density at radius 2 is 1.37 bits per heavy atom. The van der Waals surface area contributed by atoms with E-state index in [-0.39, 0.29) is 5.97 Å². The van der Waals surface area contributed by atoms with Crippen LogP contribution in [0.25, 0.3) is 0 Å². The molecule has 0 heterocycles. The minimum atomic E-state index is -1.67. The second-order valence-electron chi connectivity index (χ2n) is 3.75. The normalized spacial score (nSPS) is 16.4. The SMILES string of the molecule is C=C(C)C(=O)OC.OCC(O)C(O)C(O)C(O)CO. The third-order valence-corrected chi connectivity index (χ3v) is 2.05. The van der Waals surface area contributed by atoms with Crippen molar-refractivity contribution in [2.75, 3.05) is 20.3 Å². The van der Waals surface area contributed by atoms with E-state index in [9.17, 15) is 4.79 Å². The van der Waals surface area contributed by atoms with Crippen LogP contribution in [0.15, 0.2) is 12.2 Å². The van der Waals surface area contributed by atoms with Gasteiger partial charge in [-0.15, -0.1) is 0 Å². The molecule has 8 nitrogen and oxygen atoms in total. The summed E-state index contributed by atoms with van der Waals surface area (Å²) in [5.41, 5.74) is 0.433.